The lowest BCUT2D eigenvalue weighted by atomic mass is 9.95. The fourth-order valence-electron chi connectivity index (χ4n) is 12.8. The molecule has 21 fully saturated rings. The number of aliphatic hydroxyl groups is 21. The third-order valence-corrected chi connectivity index (χ3v) is 18.0. The molecule has 14 bridgehead atoms. The van der Waals surface area contributed by atoms with Gasteiger partial charge in [-0.3, -0.25) is 0 Å². The van der Waals surface area contributed by atoms with Gasteiger partial charge in [0.05, 0.1) is 135 Å². The van der Waals surface area contributed by atoms with E-state index >= 15 is 0 Å². The highest BCUT2D eigenvalue weighted by Gasteiger charge is 2.60. The van der Waals surface area contributed by atoms with Crippen molar-refractivity contribution >= 4 is 0 Å². The summed E-state index contributed by atoms with van der Waals surface area (Å²) in [4.78, 5) is 0. The predicted molar refractivity (Wildman–Crippen MR) is 336 cm³/mol. The molecule has 0 radical (unpaired) electrons. The number of hydrogen-bond donors (Lipinski definition) is 21. The fourth-order valence-corrected chi connectivity index (χ4v) is 12.8. The molecule has 21 rings (SSSR count). The molecule has 42 atom stereocenters. The van der Waals surface area contributed by atoms with Crippen LogP contribution in [0.15, 0.2) is 0 Å². The van der Waals surface area contributed by atoms with Crippen molar-refractivity contribution in [1.29, 1.82) is 0 Å². The standard InChI is InChI=1S/C63H112O42/c1-22(64)8-85-15-29-50-36(71)43(78)57(92-29)100-51-30(16-86-9-23(2)65)94-59(45(80)38(51)73)102-53-32(18-88-11-25(4)67)96-61(47(82)40(53)75)104-55-34(20-90-13-27(6)69)98-63(49(84)42(55)77)105-56-35(21-91-14-28(7)70)97-62(48(83)41(56)76)103-54-33(19-89-12-26(5)68)95-60(46(81)39(54)74)101-52-31(17-87-10-24(3)66)93-58(99-50)44(79)37(52)72/h22-84H,8-21H2,1-7H3/t22?,23?,24?,25?,26?,27?,28?,29?,30?,31?,32?,33?,34?,35?,36?,37?,38?,39?,40?,41?,42?,43?,44?,45?,46?,47?,48?,49?,50-,51-,52-,53-,54-,55-,56-,57-,58-,59-,60-,61-,62-,63-/m0/s1. The van der Waals surface area contributed by atoms with E-state index < -0.39 is 304 Å². The van der Waals surface area contributed by atoms with Gasteiger partial charge in [0.25, 0.3) is 0 Å². The van der Waals surface area contributed by atoms with Gasteiger partial charge in [0.15, 0.2) is 44.0 Å². The van der Waals surface area contributed by atoms with E-state index in [0.717, 1.165) is 0 Å². The summed E-state index contributed by atoms with van der Waals surface area (Å²) in [5.41, 5.74) is 0. The first-order valence-electron chi connectivity index (χ1n) is 35.2. The predicted octanol–water partition coefficient (Wildman–Crippen LogP) is -12.4. The molecular weight excluding hydrogens is 1430 g/mol. The third-order valence-electron chi connectivity index (χ3n) is 18.0. The van der Waals surface area contributed by atoms with Crippen LogP contribution in [0.1, 0.15) is 48.5 Å². The molecule has 0 aromatic carbocycles. The summed E-state index contributed by atoms with van der Waals surface area (Å²) in [6.45, 7) is 2.51. The molecule has 0 aromatic rings. The molecule has 21 aliphatic rings. The highest BCUT2D eigenvalue weighted by atomic mass is 16.8. The molecule has 616 valence electrons. The number of hydrogen-bond acceptors (Lipinski definition) is 42. The van der Waals surface area contributed by atoms with Crippen molar-refractivity contribution in [2.75, 3.05) is 92.5 Å². The van der Waals surface area contributed by atoms with Gasteiger partial charge in [-0.25, -0.2) is 0 Å². The van der Waals surface area contributed by atoms with Crippen LogP contribution in [0.2, 0.25) is 0 Å². The van der Waals surface area contributed by atoms with Crippen LogP contribution < -0.4 is 0 Å². The molecule has 0 saturated carbocycles. The number of aliphatic hydroxyl groups excluding tert-OH is 21. The van der Waals surface area contributed by atoms with Crippen molar-refractivity contribution in [2.24, 2.45) is 0 Å². The lowest BCUT2D eigenvalue weighted by Gasteiger charge is -2.50. The van der Waals surface area contributed by atoms with Crippen molar-refractivity contribution < 1.29 is 207 Å². The second-order valence-electron chi connectivity index (χ2n) is 28.1. The summed E-state index contributed by atoms with van der Waals surface area (Å²) in [7, 11) is 0. The Hall–Kier alpha value is -1.68. The van der Waals surface area contributed by atoms with Crippen molar-refractivity contribution in [1.82, 2.24) is 0 Å². The van der Waals surface area contributed by atoms with Crippen LogP contribution in [0.3, 0.4) is 0 Å². The van der Waals surface area contributed by atoms with Crippen molar-refractivity contribution in [3.05, 3.63) is 0 Å². The van der Waals surface area contributed by atoms with E-state index in [1.807, 2.05) is 0 Å². The van der Waals surface area contributed by atoms with E-state index in [1.54, 1.807) is 0 Å². The molecule has 21 aliphatic heterocycles. The zero-order chi connectivity index (χ0) is 77.0. The second-order valence-corrected chi connectivity index (χ2v) is 28.1. The van der Waals surface area contributed by atoms with Crippen molar-refractivity contribution in [3.8, 4) is 0 Å². The molecule has 21 N–H and O–H groups in total. The first-order valence-corrected chi connectivity index (χ1v) is 35.2. The number of ether oxygens (including phenoxy) is 21. The van der Waals surface area contributed by atoms with Gasteiger partial charge in [-0.05, 0) is 48.5 Å². The molecule has 0 aromatic heterocycles. The monoisotopic (exact) mass is 1540 g/mol. The Morgan fingerprint density at radius 1 is 0.181 bits per heavy atom. The summed E-state index contributed by atoms with van der Waals surface area (Å²) in [6, 6.07) is 0. The van der Waals surface area contributed by atoms with Crippen molar-refractivity contribution in [3.63, 3.8) is 0 Å². The topological polar surface area (TPSA) is 619 Å². The van der Waals surface area contributed by atoms with E-state index in [0.29, 0.717) is 0 Å². The summed E-state index contributed by atoms with van der Waals surface area (Å²) in [5.74, 6) is 0. The minimum absolute atomic E-state index is 0.379. The number of rotatable bonds is 28. The zero-order valence-corrected chi connectivity index (χ0v) is 59.1. The molecule has 0 spiro atoms. The highest BCUT2D eigenvalue weighted by Crippen LogP contribution is 2.40. The Morgan fingerprint density at radius 3 is 0.381 bits per heavy atom. The van der Waals surface area contributed by atoms with E-state index in [9.17, 15) is 107 Å². The zero-order valence-electron chi connectivity index (χ0n) is 59.1. The van der Waals surface area contributed by atoms with Gasteiger partial charge in [0.1, 0.15) is 171 Å². The van der Waals surface area contributed by atoms with E-state index in [-0.39, 0.29) is 46.2 Å². The molecule has 42 heteroatoms. The van der Waals surface area contributed by atoms with Crippen LogP contribution in [-0.4, -0.2) is 457 Å². The highest BCUT2D eigenvalue weighted by molar-refractivity contribution is 5.02. The summed E-state index contributed by atoms with van der Waals surface area (Å²) >= 11 is 0. The molecule has 0 amide bonds. The van der Waals surface area contributed by atoms with E-state index in [2.05, 4.69) is 0 Å². The Balaban J connectivity index is 1.20. The van der Waals surface area contributed by atoms with Gasteiger partial charge in [-0.15, -0.1) is 0 Å². The van der Waals surface area contributed by atoms with Crippen LogP contribution >= 0.6 is 0 Å². The first kappa shape index (κ1) is 88.9. The molecule has 42 nitrogen and oxygen atoms in total. The van der Waals surface area contributed by atoms with E-state index in [4.69, 9.17) is 99.5 Å². The molecule has 0 aliphatic carbocycles. The maximum absolute atomic E-state index is 12.1. The first-order chi connectivity index (χ1) is 49.6. The SMILES string of the molecule is CC(O)COCC1O[C@H]2O[C@H]3C(COCC(C)O)O[C@@H](O[C@H]4C(COCC(C)O)O[C@@H](O[C@H]5C(COCC(C)O)O[C@@H](O[C@H]6C(COCC(C)O)O[C@@H](O[C@H]7C(COCC(C)O)O[C@@H](O[C@H]8C(COCC(C)O)O[C@@H](O[C@@H]1C(O)C2O)C(O)C8O)C(O)C7O)C(O)C6O)C(O)C5O)C(O)C4O)C(O)C3O. The average Bonchev–Trinajstić information content (AvgIpc) is 0.960. The molecule has 28 unspecified atom stereocenters. The molecule has 105 heavy (non-hydrogen) atoms. The Morgan fingerprint density at radius 2 is 0.286 bits per heavy atom. The van der Waals surface area contributed by atoms with Gasteiger partial charge in [-0.1, -0.05) is 0 Å². The molecule has 21 heterocycles. The third kappa shape index (κ3) is 23.7. The summed E-state index contributed by atoms with van der Waals surface area (Å²) in [5, 5.41) is 240. The lowest BCUT2D eigenvalue weighted by Crippen LogP contribution is -2.68. The Kier molecular flexibility index (Phi) is 35.0. The van der Waals surface area contributed by atoms with Gasteiger partial charge in [0, 0.05) is 0 Å². The summed E-state index contributed by atoms with van der Waals surface area (Å²) < 4.78 is 126. The molecule has 21 saturated heterocycles. The van der Waals surface area contributed by atoms with Crippen LogP contribution in [0.5, 0.6) is 0 Å². The maximum Gasteiger partial charge on any atom is 0.187 e. The largest absolute Gasteiger partial charge is 0.391 e. The van der Waals surface area contributed by atoms with Gasteiger partial charge >= 0.3 is 0 Å². The van der Waals surface area contributed by atoms with Gasteiger partial charge in [0.2, 0.25) is 0 Å². The minimum Gasteiger partial charge on any atom is -0.391 e. The Labute approximate surface area is 603 Å². The van der Waals surface area contributed by atoms with Gasteiger partial charge < -0.3 is 207 Å². The molecular formula is C63H112O42. The van der Waals surface area contributed by atoms with Crippen molar-refractivity contribution in [2.45, 2.75) is 306 Å². The fraction of sp³-hybridized carbons (Fsp3) is 1.00. The van der Waals surface area contributed by atoms with Crippen LogP contribution in [0, 0.1) is 0 Å². The minimum atomic E-state index is -2.24. The van der Waals surface area contributed by atoms with Crippen LogP contribution in [-0.2, 0) is 99.5 Å². The summed E-state index contributed by atoms with van der Waals surface area (Å²) in [6.07, 6.45) is -78.0. The van der Waals surface area contributed by atoms with Crippen LogP contribution in [0.4, 0.5) is 0 Å². The van der Waals surface area contributed by atoms with Gasteiger partial charge in [-0.2, -0.15) is 0 Å². The van der Waals surface area contributed by atoms with E-state index in [1.165, 1.54) is 48.5 Å². The smallest absolute Gasteiger partial charge is 0.187 e. The quantitative estimate of drug-likeness (QED) is 0.0346. The Bertz CT molecular complexity index is 2000. The normalized spacial score (nSPS) is 46.0. The van der Waals surface area contributed by atoms with Crippen LogP contribution in [0.25, 0.3) is 0 Å². The average molecular weight is 1540 g/mol. The second kappa shape index (κ2) is 41.4. The maximum atomic E-state index is 12.1. The lowest BCUT2D eigenvalue weighted by molar-refractivity contribution is -0.398.